The van der Waals surface area contributed by atoms with Crippen LogP contribution in [0.15, 0.2) is 11.6 Å². The standard InChI is InChI=1S/C30H47NO9/c1-28-9-6-18(31(38-3)27-26(36)25(35)24(34)22(14-32)40-27)13-17(28)4-5-21-20(28)7-10-29(2)19(8-11-30(21,29)37)16-12-23(33)39-15-16/h12,17-22,24-27,32,34-37H,4-11,13-15H2,1-3H3/t17?,18-,19-,20?,21?,22-,24+,25+,26-,27?,28+,29-,30+/m1/s1. The van der Waals surface area contributed by atoms with Crippen LogP contribution in [-0.2, 0) is 19.1 Å². The van der Waals surface area contributed by atoms with Gasteiger partial charge >= 0.3 is 5.97 Å². The zero-order valence-corrected chi connectivity index (χ0v) is 23.9. The average molecular weight is 566 g/mol. The summed E-state index contributed by atoms with van der Waals surface area (Å²) in [6, 6.07) is -0.0549. The molecule has 6 rings (SSSR count). The molecular weight excluding hydrogens is 518 g/mol. The van der Waals surface area contributed by atoms with Gasteiger partial charge in [-0.15, -0.1) is 0 Å². The van der Waals surface area contributed by atoms with Gasteiger partial charge in [-0.3, -0.25) is 4.84 Å². The molecule has 5 fully saturated rings. The topological polar surface area (TPSA) is 149 Å². The van der Waals surface area contributed by atoms with E-state index in [1.807, 2.05) is 0 Å². The summed E-state index contributed by atoms with van der Waals surface area (Å²) in [6.07, 6.45) is 3.63. The summed E-state index contributed by atoms with van der Waals surface area (Å²) in [5.41, 5.74) is 0.0988. The summed E-state index contributed by atoms with van der Waals surface area (Å²) < 4.78 is 11.1. The summed E-state index contributed by atoms with van der Waals surface area (Å²) in [5.74, 6) is 0.949. The lowest BCUT2D eigenvalue weighted by atomic mass is 9.43. The van der Waals surface area contributed by atoms with Crippen molar-refractivity contribution in [1.29, 1.82) is 0 Å². The van der Waals surface area contributed by atoms with E-state index in [4.69, 9.17) is 14.3 Å². The highest BCUT2D eigenvalue weighted by Gasteiger charge is 2.68. The molecule has 13 atom stereocenters. The molecule has 0 aromatic rings. The van der Waals surface area contributed by atoms with Crippen LogP contribution in [0.25, 0.3) is 0 Å². The molecule has 10 nitrogen and oxygen atoms in total. The van der Waals surface area contributed by atoms with E-state index < -0.39 is 42.9 Å². The van der Waals surface area contributed by atoms with Crippen molar-refractivity contribution >= 4 is 5.97 Å². The van der Waals surface area contributed by atoms with Crippen LogP contribution in [0.2, 0.25) is 0 Å². The zero-order valence-electron chi connectivity index (χ0n) is 23.9. The summed E-state index contributed by atoms with van der Waals surface area (Å²) in [5, 5.41) is 55.1. The summed E-state index contributed by atoms with van der Waals surface area (Å²) in [6.45, 7) is 4.53. The van der Waals surface area contributed by atoms with Crippen molar-refractivity contribution in [2.24, 2.45) is 34.5 Å². The number of carbonyl (C=O) groups is 1. The number of aliphatic hydroxyl groups excluding tert-OH is 4. The highest BCUT2D eigenvalue weighted by atomic mass is 16.7. The molecule has 10 heteroatoms. The third-order valence-electron chi connectivity index (χ3n) is 12.6. The number of fused-ring (bicyclic) bond motifs is 5. The average Bonchev–Trinajstić information content (AvgIpc) is 3.48. The Morgan fingerprint density at radius 1 is 1.00 bits per heavy atom. The van der Waals surface area contributed by atoms with Gasteiger partial charge in [-0.05, 0) is 92.4 Å². The summed E-state index contributed by atoms with van der Waals surface area (Å²) in [7, 11) is 1.53. The molecule has 0 spiro atoms. The van der Waals surface area contributed by atoms with Gasteiger partial charge in [0, 0.05) is 17.5 Å². The third-order valence-corrected chi connectivity index (χ3v) is 12.6. The third kappa shape index (κ3) is 4.08. The van der Waals surface area contributed by atoms with Crippen LogP contribution in [0.1, 0.15) is 71.6 Å². The van der Waals surface area contributed by atoms with Crippen LogP contribution in [0.5, 0.6) is 0 Å². The fraction of sp³-hybridized carbons (Fsp3) is 0.900. The van der Waals surface area contributed by atoms with Gasteiger partial charge in [-0.25, -0.2) is 4.79 Å². The van der Waals surface area contributed by atoms with Gasteiger partial charge in [0.05, 0.1) is 19.3 Å². The Labute approximate surface area is 236 Å². The first-order chi connectivity index (χ1) is 19.0. The SMILES string of the molecule is CON(C1O[C@H](CO)[C@H](O)[C@H](O)[C@H]1O)[C@@H]1CC[C@@]2(C)C(CCC3C2CC[C@]2(C)[C@@H](C4=CC(=O)OC4)CC[C@]32O)C1. The molecule has 1 saturated heterocycles. The maximum Gasteiger partial charge on any atom is 0.331 e. The Morgan fingerprint density at radius 2 is 1.77 bits per heavy atom. The van der Waals surface area contributed by atoms with E-state index in [2.05, 4.69) is 13.8 Å². The second-order valence-electron chi connectivity index (χ2n) is 14.0. The van der Waals surface area contributed by atoms with Crippen LogP contribution in [0, 0.1) is 34.5 Å². The lowest BCUT2D eigenvalue weighted by Gasteiger charge is -2.64. The fourth-order valence-corrected chi connectivity index (χ4v) is 10.4. The minimum Gasteiger partial charge on any atom is -0.458 e. The first-order valence-electron chi connectivity index (χ1n) is 15.2. The van der Waals surface area contributed by atoms with Crippen LogP contribution >= 0.6 is 0 Å². The number of rotatable bonds is 5. The number of esters is 1. The van der Waals surface area contributed by atoms with E-state index in [1.54, 1.807) is 11.1 Å². The van der Waals surface area contributed by atoms with Crippen LogP contribution in [-0.4, -0.2) is 99.2 Å². The van der Waals surface area contributed by atoms with Crippen molar-refractivity contribution in [3.63, 3.8) is 0 Å². The monoisotopic (exact) mass is 565 g/mol. The Kier molecular flexibility index (Phi) is 7.43. The largest absolute Gasteiger partial charge is 0.458 e. The molecule has 0 radical (unpaired) electrons. The molecule has 4 unspecified atom stereocenters. The van der Waals surface area contributed by atoms with Crippen LogP contribution < -0.4 is 0 Å². The number of nitrogens with zero attached hydrogens (tertiary/aromatic N) is 1. The van der Waals surface area contributed by atoms with E-state index in [1.165, 1.54) is 7.11 Å². The Hall–Kier alpha value is -1.11. The molecule has 5 N–H and O–H groups in total. The Bertz CT molecular complexity index is 1020. The lowest BCUT2D eigenvalue weighted by Crippen LogP contribution is -2.66. The van der Waals surface area contributed by atoms with Gasteiger partial charge in [-0.1, -0.05) is 13.8 Å². The number of carbonyl (C=O) groups excluding carboxylic acids is 1. The van der Waals surface area contributed by atoms with E-state index in [-0.39, 0.29) is 34.7 Å². The smallest absolute Gasteiger partial charge is 0.331 e. The van der Waals surface area contributed by atoms with Gasteiger partial charge in [0.15, 0.2) is 6.23 Å². The second-order valence-corrected chi connectivity index (χ2v) is 14.0. The molecular formula is C30H47NO9. The van der Waals surface area contributed by atoms with E-state index >= 15 is 0 Å². The number of ether oxygens (including phenoxy) is 2. The lowest BCUT2D eigenvalue weighted by molar-refractivity contribution is -0.344. The molecule has 0 bridgehead atoms. The van der Waals surface area contributed by atoms with Crippen LogP contribution in [0.4, 0.5) is 0 Å². The fourth-order valence-electron chi connectivity index (χ4n) is 10.4. The van der Waals surface area contributed by atoms with Gasteiger partial charge in [0.25, 0.3) is 0 Å². The predicted octanol–water partition coefficient (Wildman–Crippen LogP) is 1.28. The Morgan fingerprint density at radius 3 is 2.45 bits per heavy atom. The van der Waals surface area contributed by atoms with Crippen molar-refractivity contribution in [3.05, 3.63) is 11.6 Å². The number of aliphatic hydroxyl groups is 5. The molecule has 226 valence electrons. The zero-order chi connectivity index (χ0) is 28.6. The van der Waals surface area contributed by atoms with Crippen molar-refractivity contribution < 1.29 is 44.6 Å². The number of hydrogen-bond donors (Lipinski definition) is 5. The summed E-state index contributed by atoms with van der Waals surface area (Å²) in [4.78, 5) is 17.6. The maximum absolute atomic E-state index is 12.4. The van der Waals surface area contributed by atoms with Crippen molar-refractivity contribution in [2.45, 2.75) is 114 Å². The number of hydrogen-bond acceptors (Lipinski definition) is 10. The van der Waals surface area contributed by atoms with Gasteiger partial charge in [-0.2, -0.15) is 5.06 Å². The van der Waals surface area contributed by atoms with E-state index in [9.17, 15) is 30.3 Å². The minimum atomic E-state index is -1.45. The highest BCUT2D eigenvalue weighted by Crippen LogP contribution is 2.70. The quantitative estimate of drug-likeness (QED) is 0.244. The highest BCUT2D eigenvalue weighted by molar-refractivity contribution is 5.85. The molecule has 0 aromatic heterocycles. The minimum absolute atomic E-state index is 0.0549. The van der Waals surface area contributed by atoms with E-state index in [0.717, 1.165) is 63.4 Å². The van der Waals surface area contributed by atoms with E-state index in [0.29, 0.717) is 18.4 Å². The number of hydroxylamine groups is 2. The maximum atomic E-state index is 12.4. The van der Waals surface area contributed by atoms with Gasteiger partial charge < -0.3 is 35.0 Å². The number of cyclic esters (lactones) is 1. The first-order valence-corrected chi connectivity index (χ1v) is 15.2. The van der Waals surface area contributed by atoms with Gasteiger partial charge in [0.1, 0.15) is 31.0 Å². The Balaban J connectivity index is 1.19. The molecule has 4 saturated carbocycles. The van der Waals surface area contributed by atoms with Crippen molar-refractivity contribution in [1.82, 2.24) is 5.06 Å². The van der Waals surface area contributed by atoms with Crippen LogP contribution in [0.3, 0.4) is 0 Å². The first kappa shape index (κ1) is 29.0. The van der Waals surface area contributed by atoms with Gasteiger partial charge in [0.2, 0.25) is 0 Å². The molecule has 6 aliphatic rings. The molecule has 40 heavy (non-hydrogen) atoms. The molecule has 4 aliphatic carbocycles. The second kappa shape index (κ2) is 10.3. The molecule has 0 amide bonds. The normalized spacial score (nSPS) is 52.5. The molecule has 2 heterocycles. The molecule has 2 aliphatic heterocycles. The van der Waals surface area contributed by atoms with Crippen molar-refractivity contribution in [3.8, 4) is 0 Å². The van der Waals surface area contributed by atoms with Crippen molar-refractivity contribution in [2.75, 3.05) is 20.3 Å². The molecule has 0 aromatic carbocycles. The summed E-state index contributed by atoms with van der Waals surface area (Å²) >= 11 is 0. The predicted molar refractivity (Wildman–Crippen MR) is 142 cm³/mol.